The molecule has 7 heteroatoms. The van der Waals surface area contributed by atoms with Crippen LogP contribution in [0.15, 0.2) is 18.2 Å². The van der Waals surface area contributed by atoms with E-state index < -0.39 is 11.9 Å². The minimum absolute atomic E-state index is 0.00629. The Balaban J connectivity index is 2.32. The number of H-pyrrole nitrogens is 1. The maximum atomic E-state index is 12.3. The molecule has 1 aromatic carbocycles. The first kappa shape index (κ1) is 15.4. The zero-order valence-corrected chi connectivity index (χ0v) is 12.8. The Bertz CT molecular complexity index is 738. The van der Waals surface area contributed by atoms with Crippen molar-refractivity contribution >= 4 is 40.8 Å². The highest BCUT2D eigenvalue weighted by atomic mass is 35.5. The number of hydrogen-bond donors (Lipinski definition) is 3. The molecule has 0 fully saturated rings. The largest absolute Gasteiger partial charge is 0.477 e. The number of hydrogen-bond acceptors (Lipinski definition) is 2. The summed E-state index contributed by atoms with van der Waals surface area (Å²) >= 11 is 11.7. The molecule has 1 aromatic heterocycles. The monoisotopic (exact) mass is 326 g/mol. The molecule has 0 aliphatic heterocycles. The third-order valence-corrected chi connectivity index (χ3v) is 3.79. The average Bonchev–Trinajstić information content (AvgIpc) is 2.69. The highest BCUT2D eigenvalue weighted by molar-refractivity contribution is 6.42. The molecule has 21 heavy (non-hydrogen) atoms. The van der Waals surface area contributed by atoms with Gasteiger partial charge in [-0.15, -0.1) is 0 Å². The Morgan fingerprint density at radius 2 is 1.86 bits per heavy atom. The third kappa shape index (κ3) is 3.04. The summed E-state index contributed by atoms with van der Waals surface area (Å²) in [5, 5.41) is 12.4. The summed E-state index contributed by atoms with van der Waals surface area (Å²) in [5.74, 6) is -1.52. The predicted molar refractivity (Wildman–Crippen MR) is 81.6 cm³/mol. The molecule has 0 bridgehead atoms. The topological polar surface area (TPSA) is 82.2 Å². The van der Waals surface area contributed by atoms with E-state index >= 15 is 0 Å². The van der Waals surface area contributed by atoms with Crippen molar-refractivity contribution in [2.24, 2.45) is 0 Å². The average molecular weight is 327 g/mol. The van der Waals surface area contributed by atoms with E-state index in [0.717, 1.165) is 0 Å². The summed E-state index contributed by atoms with van der Waals surface area (Å²) in [5.41, 5.74) is 1.66. The van der Waals surface area contributed by atoms with Gasteiger partial charge in [-0.25, -0.2) is 4.79 Å². The van der Waals surface area contributed by atoms with E-state index in [1.54, 1.807) is 26.0 Å². The lowest BCUT2D eigenvalue weighted by Crippen LogP contribution is -2.14. The number of aryl methyl sites for hydroxylation is 1. The number of carboxylic acids is 1. The van der Waals surface area contributed by atoms with Crippen LogP contribution in [0.3, 0.4) is 0 Å². The molecule has 0 spiro atoms. The molecule has 3 N–H and O–H groups in total. The van der Waals surface area contributed by atoms with Gasteiger partial charge in [0.25, 0.3) is 5.91 Å². The van der Waals surface area contributed by atoms with Crippen molar-refractivity contribution in [3.8, 4) is 0 Å². The molecule has 110 valence electrons. The number of halogens is 2. The highest BCUT2D eigenvalue weighted by Gasteiger charge is 2.21. The SMILES string of the molecule is Cc1[nH]c(C(=O)O)c(C)c1C(=O)Nc1ccc(Cl)c(Cl)c1. The Morgan fingerprint density at radius 3 is 2.38 bits per heavy atom. The van der Waals surface area contributed by atoms with Crippen LogP contribution in [-0.4, -0.2) is 22.0 Å². The van der Waals surface area contributed by atoms with E-state index in [4.69, 9.17) is 28.3 Å². The number of rotatable bonds is 3. The molecule has 2 aromatic rings. The van der Waals surface area contributed by atoms with Crippen molar-refractivity contribution in [3.63, 3.8) is 0 Å². The van der Waals surface area contributed by atoms with Crippen LogP contribution in [0.5, 0.6) is 0 Å². The summed E-state index contributed by atoms with van der Waals surface area (Å²) in [6.07, 6.45) is 0. The molecule has 2 rings (SSSR count). The fourth-order valence-corrected chi connectivity index (χ4v) is 2.37. The molecule has 0 radical (unpaired) electrons. The Kier molecular flexibility index (Phi) is 4.25. The normalized spacial score (nSPS) is 10.5. The summed E-state index contributed by atoms with van der Waals surface area (Å²) in [4.78, 5) is 26.0. The standard InChI is InChI=1S/C14H12Cl2N2O3/c1-6-11(7(2)17-12(6)14(20)21)13(19)18-8-3-4-9(15)10(16)5-8/h3-5,17H,1-2H3,(H,18,19)(H,20,21). The molecule has 1 heterocycles. The van der Waals surface area contributed by atoms with E-state index in [9.17, 15) is 9.59 Å². The zero-order chi connectivity index (χ0) is 15.7. The third-order valence-electron chi connectivity index (χ3n) is 3.06. The van der Waals surface area contributed by atoms with Gasteiger partial charge in [0.2, 0.25) is 0 Å². The van der Waals surface area contributed by atoms with Crippen LogP contribution in [0.25, 0.3) is 0 Å². The summed E-state index contributed by atoms with van der Waals surface area (Å²) in [6, 6.07) is 4.71. The van der Waals surface area contributed by atoms with Gasteiger partial charge in [-0.1, -0.05) is 23.2 Å². The van der Waals surface area contributed by atoms with Crippen molar-refractivity contribution in [1.29, 1.82) is 0 Å². The summed E-state index contributed by atoms with van der Waals surface area (Å²) in [7, 11) is 0. The van der Waals surface area contributed by atoms with Crippen LogP contribution >= 0.6 is 23.2 Å². The molecule has 1 amide bonds. The molecule has 5 nitrogen and oxygen atoms in total. The van der Waals surface area contributed by atoms with Gasteiger partial charge >= 0.3 is 5.97 Å². The second-order valence-electron chi connectivity index (χ2n) is 4.51. The lowest BCUT2D eigenvalue weighted by atomic mass is 10.1. The zero-order valence-electron chi connectivity index (χ0n) is 11.3. The van der Waals surface area contributed by atoms with Gasteiger partial charge in [0.15, 0.2) is 0 Å². The summed E-state index contributed by atoms with van der Waals surface area (Å²) in [6.45, 7) is 3.22. The smallest absolute Gasteiger partial charge is 0.352 e. The van der Waals surface area contributed by atoms with Crippen LogP contribution in [0.4, 0.5) is 5.69 Å². The van der Waals surface area contributed by atoms with Gasteiger partial charge in [-0.3, -0.25) is 4.79 Å². The number of amides is 1. The van der Waals surface area contributed by atoms with Crippen LogP contribution in [0.2, 0.25) is 10.0 Å². The lowest BCUT2D eigenvalue weighted by Gasteiger charge is -2.07. The first-order valence-electron chi connectivity index (χ1n) is 6.00. The Labute approximate surface area is 130 Å². The van der Waals surface area contributed by atoms with Gasteiger partial charge in [-0.05, 0) is 37.6 Å². The molecular weight excluding hydrogens is 315 g/mol. The first-order valence-corrected chi connectivity index (χ1v) is 6.75. The second-order valence-corrected chi connectivity index (χ2v) is 5.33. The quantitative estimate of drug-likeness (QED) is 0.800. The first-order chi connectivity index (χ1) is 9.81. The molecule has 0 aliphatic rings. The molecule has 0 unspecified atom stereocenters. The predicted octanol–water partition coefficient (Wildman–Crippen LogP) is 3.89. The van der Waals surface area contributed by atoms with E-state index in [1.807, 2.05) is 0 Å². The maximum absolute atomic E-state index is 12.3. The van der Waals surface area contributed by atoms with Crippen molar-refractivity contribution in [3.05, 3.63) is 50.8 Å². The minimum atomic E-state index is -1.11. The van der Waals surface area contributed by atoms with Gasteiger partial charge < -0.3 is 15.4 Å². The van der Waals surface area contributed by atoms with E-state index in [2.05, 4.69) is 10.3 Å². The van der Waals surface area contributed by atoms with E-state index in [0.29, 0.717) is 32.6 Å². The second kappa shape index (κ2) is 5.79. The number of carbonyl (C=O) groups is 2. The minimum Gasteiger partial charge on any atom is -0.477 e. The molecule has 0 atom stereocenters. The fourth-order valence-electron chi connectivity index (χ4n) is 2.07. The van der Waals surface area contributed by atoms with Crippen LogP contribution in [0.1, 0.15) is 32.1 Å². The van der Waals surface area contributed by atoms with Crippen LogP contribution in [-0.2, 0) is 0 Å². The number of carboxylic acid groups (broad SMARTS) is 1. The molecule has 0 saturated carbocycles. The van der Waals surface area contributed by atoms with Crippen LogP contribution < -0.4 is 5.32 Å². The lowest BCUT2D eigenvalue weighted by molar-refractivity contribution is 0.0690. The highest BCUT2D eigenvalue weighted by Crippen LogP contribution is 2.26. The van der Waals surface area contributed by atoms with Gasteiger partial charge in [0, 0.05) is 11.4 Å². The number of nitrogens with one attached hydrogen (secondary N) is 2. The fraction of sp³-hybridized carbons (Fsp3) is 0.143. The van der Waals surface area contributed by atoms with Crippen molar-refractivity contribution in [2.75, 3.05) is 5.32 Å². The van der Waals surface area contributed by atoms with Crippen molar-refractivity contribution in [1.82, 2.24) is 4.98 Å². The number of aromatic carboxylic acids is 1. The van der Waals surface area contributed by atoms with E-state index in [-0.39, 0.29) is 5.69 Å². The number of aromatic amines is 1. The number of aromatic nitrogens is 1. The number of benzene rings is 1. The van der Waals surface area contributed by atoms with Gasteiger partial charge in [0.05, 0.1) is 15.6 Å². The maximum Gasteiger partial charge on any atom is 0.352 e. The molecule has 0 aliphatic carbocycles. The molecular formula is C14H12Cl2N2O3. The van der Waals surface area contributed by atoms with Gasteiger partial charge in [0.1, 0.15) is 5.69 Å². The summed E-state index contributed by atoms with van der Waals surface area (Å²) < 4.78 is 0. The van der Waals surface area contributed by atoms with Crippen molar-refractivity contribution in [2.45, 2.75) is 13.8 Å². The van der Waals surface area contributed by atoms with Crippen LogP contribution in [0, 0.1) is 13.8 Å². The number of anilines is 1. The van der Waals surface area contributed by atoms with Crippen molar-refractivity contribution < 1.29 is 14.7 Å². The number of carbonyl (C=O) groups excluding carboxylic acids is 1. The van der Waals surface area contributed by atoms with Gasteiger partial charge in [-0.2, -0.15) is 0 Å². The molecule has 0 saturated heterocycles. The Hall–Kier alpha value is -1.98. The Morgan fingerprint density at radius 1 is 1.19 bits per heavy atom. The van der Waals surface area contributed by atoms with E-state index in [1.165, 1.54) is 6.07 Å².